The lowest BCUT2D eigenvalue weighted by Crippen LogP contribution is -2.67. The van der Waals surface area contributed by atoms with E-state index in [4.69, 9.17) is 9.16 Å². The van der Waals surface area contributed by atoms with Gasteiger partial charge in [-0.15, -0.1) is 0 Å². The molecule has 3 aromatic rings. The molecule has 10 nitrogen and oxygen atoms in total. The zero-order chi connectivity index (χ0) is 32.5. The molecule has 0 fully saturated rings. The predicted octanol–water partition coefficient (Wildman–Crippen LogP) is 3.74. The summed E-state index contributed by atoms with van der Waals surface area (Å²) >= 11 is 0. The van der Waals surface area contributed by atoms with Gasteiger partial charge in [-0.05, 0) is 24.6 Å². The molecule has 3 atom stereocenters. The topological polar surface area (TPSA) is 124 Å². The number of methoxy groups -OCH3 is 1. The Morgan fingerprint density at radius 3 is 2.12 bits per heavy atom. The van der Waals surface area contributed by atoms with Gasteiger partial charge in [-0.3, -0.25) is 14.4 Å². The Bertz CT molecular complexity index is 1610. The summed E-state index contributed by atoms with van der Waals surface area (Å²) in [5.74, 6) is -3.77. The number of pyridine rings is 1. The number of halogens is 3. The van der Waals surface area contributed by atoms with Crippen LogP contribution in [0.15, 0.2) is 57.0 Å². The number of fused-ring (bicyclic) bond motifs is 1. The van der Waals surface area contributed by atoms with Crippen molar-refractivity contribution in [3.63, 3.8) is 0 Å². The van der Waals surface area contributed by atoms with Crippen LogP contribution in [-0.2, 0) is 20.5 Å². The summed E-state index contributed by atoms with van der Waals surface area (Å²) in [7, 11) is -0.830. The summed E-state index contributed by atoms with van der Waals surface area (Å²) in [6.45, 7) is 10.1. The van der Waals surface area contributed by atoms with E-state index in [2.05, 4.69) is 10.3 Å². The van der Waals surface area contributed by atoms with Crippen LogP contribution < -0.4 is 22.1 Å². The average Bonchev–Trinajstić information content (AvgIpc) is 2.86. The third-order valence-electron chi connectivity index (χ3n) is 7.17. The van der Waals surface area contributed by atoms with Crippen molar-refractivity contribution in [2.45, 2.75) is 72.4 Å². The van der Waals surface area contributed by atoms with Gasteiger partial charge in [-0.1, -0.05) is 65.0 Å². The Morgan fingerprint density at radius 1 is 1.02 bits per heavy atom. The fourth-order valence-corrected chi connectivity index (χ4v) is 6.82. The summed E-state index contributed by atoms with van der Waals surface area (Å²) in [4.78, 5) is 55.5. The lowest BCUT2D eigenvalue weighted by Gasteiger charge is -2.51. The minimum atomic E-state index is -4.72. The first kappa shape index (κ1) is 34.0. The molecule has 2 heterocycles. The molecule has 0 aliphatic carbocycles. The molecule has 43 heavy (non-hydrogen) atoms. The molecule has 236 valence electrons. The molecule has 3 unspecified atom stereocenters. The Morgan fingerprint density at radius 2 is 1.63 bits per heavy atom. The third kappa shape index (κ3) is 7.02. The quantitative estimate of drug-likeness (QED) is 0.262. The van der Waals surface area contributed by atoms with Crippen molar-refractivity contribution in [1.82, 2.24) is 19.4 Å². The summed E-state index contributed by atoms with van der Waals surface area (Å²) in [5.41, 5.74) is -5.88. The van der Waals surface area contributed by atoms with E-state index in [1.165, 1.54) is 40.1 Å². The molecular weight excluding hydrogens is 585 g/mol. The number of rotatable bonds is 10. The second kappa shape index (κ2) is 12.6. The summed E-state index contributed by atoms with van der Waals surface area (Å²) < 4.78 is 57.0. The van der Waals surface area contributed by atoms with E-state index in [1.807, 2.05) is 0 Å². The summed E-state index contributed by atoms with van der Waals surface area (Å²) in [6.07, 6.45) is -4.62. The van der Waals surface area contributed by atoms with Gasteiger partial charge in [-0.2, -0.15) is 13.2 Å². The van der Waals surface area contributed by atoms with Crippen LogP contribution in [0.25, 0.3) is 10.9 Å². The minimum Gasteiger partial charge on any atom is -0.398 e. The molecule has 0 radical (unpaired) electrons. The highest BCUT2D eigenvalue weighted by Gasteiger charge is 2.61. The van der Waals surface area contributed by atoms with E-state index in [1.54, 1.807) is 57.3 Å². The molecule has 3 rings (SSSR count). The molecule has 0 saturated carbocycles. The van der Waals surface area contributed by atoms with Gasteiger partial charge in [0.1, 0.15) is 23.7 Å². The van der Waals surface area contributed by atoms with Crippen LogP contribution in [0, 0.1) is 17.3 Å². The standard InChI is InChI=1S/C29H39F3N4O6Si/c1-17(2)28(42-43(7)8,25(27(3,4)5)29(30,31)32)34-20(37)16-35-15-14-19-21(23(35)39)33-26(40)36(22(19)38)24(41-6)18-12-10-9-11-13-18/h9-15,17,24-25,43H,16H2,1-8H3,(H,33,40)(H,34,37). The number of hydrogen-bond donors (Lipinski definition) is 2. The van der Waals surface area contributed by atoms with Crippen molar-refractivity contribution in [3.05, 3.63) is 79.4 Å². The lowest BCUT2D eigenvalue weighted by atomic mass is 9.70. The normalized spacial score (nSPS) is 15.5. The zero-order valence-electron chi connectivity index (χ0n) is 25.5. The van der Waals surface area contributed by atoms with Crippen LogP contribution in [0.4, 0.5) is 13.2 Å². The monoisotopic (exact) mass is 624 g/mol. The van der Waals surface area contributed by atoms with Crippen LogP contribution in [0.2, 0.25) is 13.1 Å². The lowest BCUT2D eigenvalue weighted by molar-refractivity contribution is -0.265. The summed E-state index contributed by atoms with van der Waals surface area (Å²) in [6, 6.07) is 9.80. The van der Waals surface area contributed by atoms with E-state index in [0.29, 0.717) is 5.56 Å². The van der Waals surface area contributed by atoms with Crippen molar-refractivity contribution in [3.8, 4) is 0 Å². The molecule has 0 aliphatic rings. The van der Waals surface area contributed by atoms with Gasteiger partial charge in [-0.25, -0.2) is 9.36 Å². The fraction of sp³-hybridized carbons (Fsp3) is 0.517. The number of benzene rings is 1. The number of ether oxygens (including phenoxy) is 1. The highest BCUT2D eigenvalue weighted by Crippen LogP contribution is 2.49. The highest BCUT2D eigenvalue weighted by molar-refractivity contribution is 6.48. The Hall–Kier alpha value is -3.49. The van der Waals surface area contributed by atoms with E-state index < -0.39 is 73.7 Å². The molecule has 2 N–H and O–H groups in total. The van der Waals surface area contributed by atoms with Gasteiger partial charge >= 0.3 is 11.9 Å². The molecule has 0 spiro atoms. The van der Waals surface area contributed by atoms with Gasteiger partial charge in [0.2, 0.25) is 5.91 Å². The second-order valence-corrected chi connectivity index (χ2v) is 14.5. The number of aromatic amines is 1. The number of H-pyrrole nitrogens is 1. The number of carbonyl (C=O) groups excluding carboxylic acids is 1. The van der Waals surface area contributed by atoms with Gasteiger partial charge in [0.15, 0.2) is 15.3 Å². The molecule has 0 aliphatic heterocycles. The van der Waals surface area contributed by atoms with Crippen LogP contribution in [0.1, 0.15) is 46.4 Å². The maximum Gasteiger partial charge on any atom is 0.396 e. The molecular formula is C29H39F3N4O6Si. The first-order chi connectivity index (χ1) is 19.8. The van der Waals surface area contributed by atoms with Crippen LogP contribution in [0.5, 0.6) is 0 Å². The third-order valence-corrected chi connectivity index (χ3v) is 8.03. The number of nitrogens with zero attached hydrogens (tertiary/aromatic N) is 2. The zero-order valence-corrected chi connectivity index (χ0v) is 26.7. The first-order valence-corrected chi connectivity index (χ1v) is 16.6. The van der Waals surface area contributed by atoms with Crippen molar-refractivity contribution in [2.75, 3.05) is 7.11 Å². The molecule has 1 amide bonds. The molecule has 1 aromatic carbocycles. The maximum atomic E-state index is 14.6. The SMILES string of the molecule is COC(c1ccccc1)n1c(=O)[nH]c2c(=O)n(CC(=O)NC(O[SiH](C)C)(C(C)C)C(C(C)(C)C)C(F)(F)F)ccc2c1=O. The van der Waals surface area contributed by atoms with Crippen LogP contribution >= 0.6 is 0 Å². The number of alkyl halides is 3. The number of aromatic nitrogens is 3. The fourth-order valence-electron chi connectivity index (χ4n) is 5.57. The first-order valence-electron chi connectivity index (χ1n) is 13.9. The second-order valence-electron chi connectivity index (χ2n) is 12.1. The highest BCUT2D eigenvalue weighted by atomic mass is 28.3. The smallest absolute Gasteiger partial charge is 0.396 e. The largest absolute Gasteiger partial charge is 0.398 e. The number of carbonyl (C=O) groups is 1. The molecule has 2 aromatic heterocycles. The number of hydrogen-bond acceptors (Lipinski definition) is 6. The van der Waals surface area contributed by atoms with E-state index >= 15 is 0 Å². The number of amides is 1. The van der Waals surface area contributed by atoms with Gasteiger partial charge in [0, 0.05) is 24.8 Å². The number of nitrogens with one attached hydrogen (secondary N) is 2. The molecule has 0 saturated heterocycles. The van der Waals surface area contributed by atoms with Crippen LogP contribution in [-0.4, -0.2) is 48.1 Å². The summed E-state index contributed by atoms with van der Waals surface area (Å²) in [5, 5.41) is 2.38. The molecule has 0 bridgehead atoms. The van der Waals surface area contributed by atoms with Crippen molar-refractivity contribution < 1.29 is 27.1 Å². The predicted molar refractivity (Wildman–Crippen MR) is 159 cm³/mol. The van der Waals surface area contributed by atoms with Crippen molar-refractivity contribution >= 4 is 25.9 Å². The van der Waals surface area contributed by atoms with E-state index in [0.717, 1.165) is 9.13 Å². The Kier molecular flexibility index (Phi) is 9.98. The van der Waals surface area contributed by atoms with E-state index in [9.17, 15) is 32.3 Å². The average molecular weight is 625 g/mol. The van der Waals surface area contributed by atoms with Gasteiger partial charge in [0.05, 0.1) is 5.39 Å². The van der Waals surface area contributed by atoms with E-state index in [-0.39, 0.29) is 10.9 Å². The Balaban J connectivity index is 2.08. The maximum absolute atomic E-state index is 14.6. The Labute approximate surface area is 248 Å². The van der Waals surface area contributed by atoms with Crippen molar-refractivity contribution in [1.29, 1.82) is 0 Å². The van der Waals surface area contributed by atoms with Gasteiger partial charge in [0.25, 0.3) is 11.1 Å². The van der Waals surface area contributed by atoms with Gasteiger partial charge < -0.3 is 24.0 Å². The minimum absolute atomic E-state index is 0.130. The molecule has 14 heteroatoms. The van der Waals surface area contributed by atoms with Crippen LogP contribution in [0.3, 0.4) is 0 Å². The van der Waals surface area contributed by atoms with Crippen molar-refractivity contribution in [2.24, 2.45) is 17.3 Å².